The maximum atomic E-state index is 13.8. The van der Waals surface area contributed by atoms with E-state index in [-0.39, 0.29) is 11.9 Å². The van der Waals surface area contributed by atoms with Crippen LogP contribution in [0.2, 0.25) is 5.02 Å². The molecule has 0 aliphatic carbocycles. The molecule has 106 valence electrons. The molecule has 0 heterocycles. The highest BCUT2D eigenvalue weighted by atomic mass is 127. The van der Waals surface area contributed by atoms with Gasteiger partial charge in [-0.05, 0) is 70.9 Å². The molecule has 4 heteroatoms. The first-order chi connectivity index (χ1) is 9.61. The summed E-state index contributed by atoms with van der Waals surface area (Å²) < 4.78 is 15.0. The summed E-state index contributed by atoms with van der Waals surface area (Å²) in [7, 11) is 0. The summed E-state index contributed by atoms with van der Waals surface area (Å²) in [5, 5.41) is 4.12. The van der Waals surface area contributed by atoms with Crippen molar-refractivity contribution in [2.75, 3.05) is 6.54 Å². The van der Waals surface area contributed by atoms with Crippen LogP contribution in [-0.4, -0.2) is 6.54 Å². The maximum absolute atomic E-state index is 13.8. The lowest BCUT2D eigenvalue weighted by Crippen LogP contribution is -2.24. The van der Waals surface area contributed by atoms with Crippen LogP contribution in [0.4, 0.5) is 4.39 Å². The molecule has 0 radical (unpaired) electrons. The van der Waals surface area contributed by atoms with Crippen molar-refractivity contribution in [3.05, 3.63) is 68.0 Å². The van der Waals surface area contributed by atoms with Gasteiger partial charge in [-0.2, -0.15) is 0 Å². The van der Waals surface area contributed by atoms with Crippen molar-refractivity contribution in [3.8, 4) is 0 Å². The van der Waals surface area contributed by atoms with Crippen molar-refractivity contribution >= 4 is 34.2 Å². The molecule has 1 N–H and O–H groups in total. The second kappa shape index (κ2) is 7.38. The van der Waals surface area contributed by atoms with Crippen LogP contribution in [-0.2, 0) is 6.42 Å². The third kappa shape index (κ3) is 3.93. The van der Waals surface area contributed by atoms with Gasteiger partial charge in [-0.3, -0.25) is 0 Å². The molecule has 0 aromatic heterocycles. The van der Waals surface area contributed by atoms with Gasteiger partial charge >= 0.3 is 0 Å². The summed E-state index contributed by atoms with van der Waals surface area (Å²) in [6, 6.07) is 12.8. The zero-order valence-corrected chi connectivity index (χ0v) is 14.1. The van der Waals surface area contributed by atoms with Gasteiger partial charge in [-0.1, -0.05) is 36.7 Å². The second-order valence-electron chi connectivity index (χ2n) is 4.57. The second-order valence-corrected chi connectivity index (χ2v) is 6.17. The Hall–Kier alpha value is -0.650. The Balaban J connectivity index is 2.32. The number of halogens is 3. The highest BCUT2D eigenvalue weighted by Crippen LogP contribution is 2.27. The third-order valence-corrected chi connectivity index (χ3v) is 4.38. The molecule has 0 fully saturated rings. The molecule has 0 bridgehead atoms. The fourth-order valence-electron chi connectivity index (χ4n) is 2.20. The topological polar surface area (TPSA) is 12.0 Å². The van der Waals surface area contributed by atoms with E-state index < -0.39 is 0 Å². The van der Waals surface area contributed by atoms with Crippen LogP contribution < -0.4 is 5.32 Å². The fraction of sp³-hybridized carbons (Fsp3) is 0.250. The van der Waals surface area contributed by atoms with E-state index in [1.165, 1.54) is 6.07 Å². The lowest BCUT2D eigenvalue weighted by Gasteiger charge is -2.20. The Morgan fingerprint density at radius 2 is 2.00 bits per heavy atom. The number of likely N-dealkylation sites (N-methyl/N-ethyl adjacent to an activating group) is 1. The van der Waals surface area contributed by atoms with Crippen molar-refractivity contribution in [3.63, 3.8) is 0 Å². The highest BCUT2D eigenvalue weighted by molar-refractivity contribution is 14.1. The smallest absolute Gasteiger partial charge is 0.126 e. The van der Waals surface area contributed by atoms with Crippen molar-refractivity contribution in [1.29, 1.82) is 0 Å². The van der Waals surface area contributed by atoms with Crippen LogP contribution in [0.15, 0.2) is 42.5 Å². The number of hydrogen-bond donors (Lipinski definition) is 1. The van der Waals surface area contributed by atoms with E-state index in [0.29, 0.717) is 17.0 Å². The van der Waals surface area contributed by atoms with E-state index in [1.54, 1.807) is 6.07 Å². The zero-order valence-electron chi connectivity index (χ0n) is 11.2. The Morgan fingerprint density at radius 3 is 2.70 bits per heavy atom. The Kier molecular flexibility index (Phi) is 5.81. The predicted molar refractivity (Wildman–Crippen MR) is 90.7 cm³/mol. The van der Waals surface area contributed by atoms with Crippen LogP contribution >= 0.6 is 34.2 Å². The Morgan fingerprint density at radius 1 is 1.25 bits per heavy atom. The van der Waals surface area contributed by atoms with E-state index >= 15 is 0 Å². The first-order valence-electron chi connectivity index (χ1n) is 6.53. The van der Waals surface area contributed by atoms with Gasteiger partial charge in [-0.25, -0.2) is 4.39 Å². The molecule has 0 aliphatic rings. The van der Waals surface area contributed by atoms with Gasteiger partial charge in [0.05, 0.1) is 0 Å². The molecule has 0 amide bonds. The standard InChI is InChI=1S/C16H16ClFIN/c1-2-20-16(9-11-5-3-4-6-14(11)18)13-10-12(17)7-8-15(13)19/h3-8,10,16,20H,2,9H2,1H3. The summed E-state index contributed by atoms with van der Waals surface area (Å²) in [6.07, 6.45) is 0.608. The fourth-order valence-corrected chi connectivity index (χ4v) is 3.10. The Bertz CT molecular complexity index is 588. The molecule has 20 heavy (non-hydrogen) atoms. The van der Waals surface area contributed by atoms with E-state index in [9.17, 15) is 4.39 Å². The number of rotatable bonds is 5. The highest BCUT2D eigenvalue weighted by Gasteiger charge is 2.16. The molecule has 0 spiro atoms. The number of nitrogens with one attached hydrogen (secondary N) is 1. The largest absolute Gasteiger partial charge is 0.310 e. The van der Waals surface area contributed by atoms with Gasteiger partial charge < -0.3 is 5.32 Å². The van der Waals surface area contributed by atoms with Crippen molar-refractivity contribution < 1.29 is 4.39 Å². The summed E-state index contributed by atoms with van der Waals surface area (Å²) in [5.74, 6) is -0.160. The van der Waals surface area contributed by atoms with E-state index in [2.05, 4.69) is 27.9 Å². The zero-order chi connectivity index (χ0) is 14.5. The van der Waals surface area contributed by atoms with E-state index in [1.807, 2.05) is 37.3 Å². The average Bonchev–Trinajstić information content (AvgIpc) is 2.43. The summed E-state index contributed by atoms with van der Waals surface area (Å²) in [4.78, 5) is 0. The van der Waals surface area contributed by atoms with Gasteiger partial charge in [0.2, 0.25) is 0 Å². The van der Waals surface area contributed by atoms with Crippen molar-refractivity contribution in [2.24, 2.45) is 0 Å². The maximum Gasteiger partial charge on any atom is 0.126 e. The van der Waals surface area contributed by atoms with Crippen LogP contribution in [0.5, 0.6) is 0 Å². The van der Waals surface area contributed by atoms with Gasteiger partial charge in [0.1, 0.15) is 5.82 Å². The third-order valence-electron chi connectivity index (χ3n) is 3.17. The molecule has 0 saturated heterocycles. The molecule has 0 saturated carbocycles. The van der Waals surface area contributed by atoms with Gasteiger partial charge in [-0.15, -0.1) is 0 Å². The van der Waals surface area contributed by atoms with Crippen LogP contribution in [0.1, 0.15) is 24.1 Å². The molecule has 2 aromatic carbocycles. The molecule has 1 nitrogen and oxygen atoms in total. The number of hydrogen-bond acceptors (Lipinski definition) is 1. The van der Waals surface area contributed by atoms with E-state index in [4.69, 9.17) is 11.6 Å². The molecule has 1 unspecified atom stereocenters. The van der Waals surface area contributed by atoms with Gasteiger partial charge in [0.25, 0.3) is 0 Å². The summed E-state index contributed by atoms with van der Waals surface area (Å²) >= 11 is 8.38. The minimum Gasteiger partial charge on any atom is -0.310 e. The molecular weight excluding hydrogens is 388 g/mol. The molecule has 2 aromatic rings. The Labute approximate surface area is 137 Å². The summed E-state index contributed by atoms with van der Waals surface area (Å²) in [5.41, 5.74) is 1.83. The van der Waals surface area contributed by atoms with Crippen LogP contribution in [0.25, 0.3) is 0 Å². The minimum atomic E-state index is -0.160. The molecule has 2 rings (SSSR count). The van der Waals surface area contributed by atoms with Crippen LogP contribution in [0, 0.1) is 9.39 Å². The SMILES string of the molecule is CCNC(Cc1ccccc1F)c1cc(Cl)ccc1I. The number of benzene rings is 2. The minimum absolute atomic E-state index is 0.0579. The monoisotopic (exact) mass is 403 g/mol. The normalized spacial score (nSPS) is 12.4. The molecule has 1 atom stereocenters. The predicted octanol–water partition coefficient (Wildman–Crippen LogP) is 4.98. The molecular formula is C16H16ClFIN. The van der Waals surface area contributed by atoms with Crippen molar-refractivity contribution in [1.82, 2.24) is 5.32 Å². The van der Waals surface area contributed by atoms with Gasteiger partial charge in [0, 0.05) is 14.6 Å². The van der Waals surface area contributed by atoms with Crippen LogP contribution in [0.3, 0.4) is 0 Å². The summed E-state index contributed by atoms with van der Waals surface area (Å²) in [6.45, 7) is 2.87. The average molecular weight is 404 g/mol. The first-order valence-corrected chi connectivity index (χ1v) is 7.99. The molecule has 0 aliphatic heterocycles. The quantitative estimate of drug-likeness (QED) is 0.695. The lowest BCUT2D eigenvalue weighted by molar-refractivity contribution is 0.526. The van der Waals surface area contributed by atoms with E-state index in [0.717, 1.165) is 15.7 Å². The van der Waals surface area contributed by atoms with Gasteiger partial charge in [0.15, 0.2) is 0 Å². The first kappa shape index (κ1) is 15.7. The lowest BCUT2D eigenvalue weighted by atomic mass is 9.98. The van der Waals surface area contributed by atoms with Crippen molar-refractivity contribution in [2.45, 2.75) is 19.4 Å².